The Kier molecular flexibility index (Phi) is 7.98. The third-order valence-electron chi connectivity index (χ3n) is 3.18. The molecule has 0 aliphatic rings. The maximum Gasteiger partial charge on any atom is 0.191 e. The first-order valence-corrected chi connectivity index (χ1v) is 7.80. The van der Waals surface area contributed by atoms with E-state index in [1.54, 1.807) is 18.4 Å². The highest BCUT2D eigenvalue weighted by Crippen LogP contribution is 2.16. The number of thiazole rings is 1. The molecule has 0 aliphatic heterocycles. The molecule has 0 radical (unpaired) electrons. The number of hydrogen-bond acceptors (Lipinski definition) is 4. The molecule has 1 aromatic heterocycles. The zero-order valence-electron chi connectivity index (χ0n) is 13.4. The lowest BCUT2D eigenvalue weighted by atomic mass is 10.1. The van der Waals surface area contributed by atoms with Gasteiger partial charge in [-0.15, -0.1) is 35.3 Å². The SMILES string of the molecule is CN=C(NCc1ccc(C#N)cc1)NCc1sc(C)nc1C.I. The summed E-state index contributed by atoms with van der Waals surface area (Å²) >= 11 is 1.70. The average molecular weight is 441 g/mol. The van der Waals surface area contributed by atoms with Gasteiger partial charge in [0.2, 0.25) is 0 Å². The number of nitrogens with one attached hydrogen (secondary N) is 2. The number of hydrogen-bond donors (Lipinski definition) is 2. The molecule has 0 spiro atoms. The van der Waals surface area contributed by atoms with E-state index in [4.69, 9.17) is 5.26 Å². The second kappa shape index (κ2) is 9.47. The van der Waals surface area contributed by atoms with Crippen molar-refractivity contribution in [2.24, 2.45) is 4.99 Å². The number of benzene rings is 1. The Morgan fingerprint density at radius 1 is 1.22 bits per heavy atom. The molecule has 122 valence electrons. The predicted molar refractivity (Wildman–Crippen MR) is 105 cm³/mol. The van der Waals surface area contributed by atoms with E-state index >= 15 is 0 Å². The van der Waals surface area contributed by atoms with Crippen molar-refractivity contribution in [1.29, 1.82) is 5.26 Å². The molecular weight excluding hydrogens is 421 g/mol. The fourth-order valence-electron chi connectivity index (χ4n) is 2.01. The lowest BCUT2D eigenvalue weighted by molar-refractivity contribution is 0.811. The fourth-order valence-corrected chi connectivity index (χ4v) is 2.88. The van der Waals surface area contributed by atoms with Crippen LogP contribution >= 0.6 is 35.3 Å². The molecule has 0 fully saturated rings. The van der Waals surface area contributed by atoms with E-state index in [-0.39, 0.29) is 24.0 Å². The highest BCUT2D eigenvalue weighted by Gasteiger charge is 2.05. The van der Waals surface area contributed by atoms with Crippen molar-refractivity contribution in [1.82, 2.24) is 15.6 Å². The summed E-state index contributed by atoms with van der Waals surface area (Å²) in [6.45, 7) is 5.41. The Labute approximate surface area is 157 Å². The molecule has 1 heterocycles. The molecule has 2 aromatic rings. The van der Waals surface area contributed by atoms with Gasteiger partial charge < -0.3 is 10.6 Å². The standard InChI is InChI=1S/C16H19N5S.HI/c1-11-15(22-12(2)21-11)10-20-16(18-3)19-9-14-6-4-13(8-17)5-7-14;/h4-7H,9-10H2,1-3H3,(H2,18,19,20);1H. The Morgan fingerprint density at radius 2 is 1.87 bits per heavy atom. The van der Waals surface area contributed by atoms with E-state index in [0.717, 1.165) is 22.2 Å². The maximum absolute atomic E-state index is 8.79. The summed E-state index contributed by atoms with van der Waals surface area (Å²) in [6, 6.07) is 9.63. The van der Waals surface area contributed by atoms with Gasteiger partial charge in [-0.25, -0.2) is 4.98 Å². The van der Waals surface area contributed by atoms with Crippen LogP contribution in [0.15, 0.2) is 29.3 Å². The normalized spacial score (nSPS) is 10.6. The van der Waals surface area contributed by atoms with Gasteiger partial charge in [0.25, 0.3) is 0 Å². The summed E-state index contributed by atoms with van der Waals surface area (Å²) in [6.07, 6.45) is 0. The zero-order chi connectivity index (χ0) is 15.9. The lowest BCUT2D eigenvalue weighted by Gasteiger charge is -2.11. The Bertz CT molecular complexity index is 700. The molecule has 0 bridgehead atoms. The molecule has 0 saturated heterocycles. The van der Waals surface area contributed by atoms with Gasteiger partial charge in [-0.3, -0.25) is 4.99 Å². The van der Waals surface area contributed by atoms with Crippen LogP contribution in [0.25, 0.3) is 0 Å². The van der Waals surface area contributed by atoms with Gasteiger partial charge in [-0.2, -0.15) is 5.26 Å². The third-order valence-corrected chi connectivity index (χ3v) is 4.26. The molecule has 2 rings (SSSR count). The molecule has 7 heteroatoms. The van der Waals surface area contributed by atoms with Gasteiger partial charge in [0.15, 0.2) is 5.96 Å². The van der Waals surface area contributed by atoms with E-state index in [9.17, 15) is 0 Å². The number of aryl methyl sites for hydroxylation is 2. The van der Waals surface area contributed by atoms with Crippen molar-refractivity contribution in [2.45, 2.75) is 26.9 Å². The van der Waals surface area contributed by atoms with Gasteiger partial charge >= 0.3 is 0 Å². The first-order chi connectivity index (χ1) is 10.6. The monoisotopic (exact) mass is 441 g/mol. The molecule has 0 aliphatic carbocycles. The minimum atomic E-state index is 0. The number of nitrogens with zero attached hydrogens (tertiary/aromatic N) is 3. The summed E-state index contributed by atoms with van der Waals surface area (Å²) in [4.78, 5) is 9.85. The topological polar surface area (TPSA) is 73.1 Å². The van der Waals surface area contributed by atoms with Crippen molar-refractivity contribution in [2.75, 3.05) is 7.05 Å². The Hall–Kier alpha value is -1.66. The molecule has 0 atom stereocenters. The number of halogens is 1. The van der Waals surface area contributed by atoms with Crippen molar-refractivity contribution in [3.05, 3.63) is 51.0 Å². The number of rotatable bonds is 4. The van der Waals surface area contributed by atoms with Crippen LogP contribution in [-0.2, 0) is 13.1 Å². The van der Waals surface area contributed by atoms with Crippen molar-refractivity contribution < 1.29 is 0 Å². The Morgan fingerprint density at radius 3 is 2.39 bits per heavy atom. The smallest absolute Gasteiger partial charge is 0.191 e. The summed E-state index contributed by atoms with van der Waals surface area (Å²) in [7, 11) is 1.75. The van der Waals surface area contributed by atoms with E-state index < -0.39 is 0 Å². The van der Waals surface area contributed by atoms with E-state index in [1.165, 1.54) is 4.88 Å². The maximum atomic E-state index is 8.79. The molecule has 0 amide bonds. The van der Waals surface area contributed by atoms with E-state index in [1.807, 2.05) is 38.1 Å². The van der Waals surface area contributed by atoms with E-state index in [0.29, 0.717) is 18.7 Å². The molecule has 1 aromatic carbocycles. The average Bonchev–Trinajstić information content (AvgIpc) is 2.86. The second-order valence-electron chi connectivity index (χ2n) is 4.83. The van der Waals surface area contributed by atoms with Crippen molar-refractivity contribution in [3.63, 3.8) is 0 Å². The number of aromatic nitrogens is 1. The zero-order valence-corrected chi connectivity index (χ0v) is 16.5. The molecule has 2 N–H and O–H groups in total. The highest BCUT2D eigenvalue weighted by molar-refractivity contribution is 14.0. The largest absolute Gasteiger partial charge is 0.352 e. The van der Waals surface area contributed by atoms with E-state index in [2.05, 4.69) is 26.7 Å². The van der Waals surface area contributed by atoms with Crippen LogP contribution in [0.3, 0.4) is 0 Å². The van der Waals surface area contributed by atoms with Crippen LogP contribution in [0.1, 0.15) is 26.7 Å². The summed E-state index contributed by atoms with van der Waals surface area (Å²) in [5.74, 6) is 0.745. The molecular formula is C16H20IN5S. The van der Waals surface area contributed by atoms with Crippen LogP contribution < -0.4 is 10.6 Å². The minimum absolute atomic E-state index is 0. The summed E-state index contributed by atoms with van der Waals surface area (Å²) in [5, 5.41) is 16.4. The highest BCUT2D eigenvalue weighted by atomic mass is 127. The van der Waals surface area contributed by atoms with Crippen molar-refractivity contribution >= 4 is 41.3 Å². The molecule has 0 saturated carbocycles. The van der Waals surface area contributed by atoms with Crippen LogP contribution in [-0.4, -0.2) is 18.0 Å². The number of aliphatic imine (C=N–C) groups is 1. The quantitative estimate of drug-likeness (QED) is 0.435. The van der Waals surface area contributed by atoms with Gasteiger partial charge in [0.1, 0.15) is 0 Å². The molecule has 5 nitrogen and oxygen atoms in total. The predicted octanol–water partition coefficient (Wildman–Crippen LogP) is 3.11. The van der Waals surface area contributed by atoms with Crippen LogP contribution in [0.5, 0.6) is 0 Å². The fraction of sp³-hybridized carbons (Fsp3) is 0.312. The second-order valence-corrected chi connectivity index (χ2v) is 6.12. The van der Waals surface area contributed by atoms with Crippen LogP contribution in [0, 0.1) is 25.2 Å². The minimum Gasteiger partial charge on any atom is -0.352 e. The van der Waals surface area contributed by atoms with Gasteiger partial charge in [0, 0.05) is 18.5 Å². The number of nitriles is 1. The van der Waals surface area contributed by atoms with Gasteiger partial charge in [-0.05, 0) is 31.5 Å². The summed E-state index contributed by atoms with van der Waals surface area (Å²) < 4.78 is 0. The lowest BCUT2D eigenvalue weighted by Crippen LogP contribution is -2.36. The van der Waals surface area contributed by atoms with Gasteiger partial charge in [0.05, 0.1) is 28.9 Å². The first kappa shape index (κ1) is 19.4. The van der Waals surface area contributed by atoms with Crippen LogP contribution in [0.4, 0.5) is 0 Å². The molecule has 0 unspecified atom stereocenters. The number of guanidine groups is 1. The van der Waals surface area contributed by atoms with Crippen molar-refractivity contribution in [3.8, 4) is 6.07 Å². The Balaban J connectivity index is 0.00000264. The van der Waals surface area contributed by atoms with Gasteiger partial charge in [-0.1, -0.05) is 12.1 Å². The first-order valence-electron chi connectivity index (χ1n) is 6.99. The summed E-state index contributed by atoms with van der Waals surface area (Å²) in [5.41, 5.74) is 2.84. The third kappa shape index (κ3) is 5.80. The van der Waals surface area contributed by atoms with Crippen LogP contribution in [0.2, 0.25) is 0 Å². The molecule has 23 heavy (non-hydrogen) atoms.